The fourth-order valence-electron chi connectivity index (χ4n) is 3.50. The summed E-state index contributed by atoms with van der Waals surface area (Å²) < 4.78 is 79.2. The van der Waals surface area contributed by atoms with Crippen LogP contribution in [0, 0.1) is 0 Å². The van der Waals surface area contributed by atoms with Crippen molar-refractivity contribution >= 4 is 31.9 Å². The van der Waals surface area contributed by atoms with Crippen LogP contribution in [0.4, 0.5) is 26.3 Å². The summed E-state index contributed by atoms with van der Waals surface area (Å²) in [5.74, 6) is 0.508. The molecular weight excluding hydrogens is 654 g/mol. The van der Waals surface area contributed by atoms with Crippen LogP contribution in [-0.4, -0.2) is 19.5 Å². The van der Waals surface area contributed by atoms with Crippen molar-refractivity contribution in [3.05, 3.63) is 117 Å². The second-order valence-electron chi connectivity index (χ2n) is 8.22. The number of imidazole rings is 2. The van der Waals surface area contributed by atoms with Gasteiger partial charge in [-0.25, -0.2) is 9.97 Å². The van der Waals surface area contributed by atoms with Gasteiger partial charge in [-0.1, -0.05) is 86.5 Å². The van der Waals surface area contributed by atoms with Gasteiger partial charge in [-0.2, -0.15) is 26.3 Å². The van der Waals surface area contributed by atoms with E-state index in [0.29, 0.717) is 23.5 Å². The average molecular weight is 672 g/mol. The van der Waals surface area contributed by atoms with Crippen molar-refractivity contribution in [2.75, 3.05) is 0 Å². The lowest BCUT2D eigenvalue weighted by molar-refractivity contribution is -0.141. The summed E-state index contributed by atoms with van der Waals surface area (Å²) in [7, 11) is 0. The predicted molar refractivity (Wildman–Crippen MR) is 143 cm³/mol. The molecule has 202 valence electrons. The third-order valence-corrected chi connectivity index (χ3v) is 6.42. The minimum absolute atomic E-state index is 0.208. The molecule has 0 bridgehead atoms. The number of hydrogen-bond acceptors (Lipinski definition) is 2. The van der Waals surface area contributed by atoms with E-state index < -0.39 is 23.7 Å². The summed E-state index contributed by atoms with van der Waals surface area (Å²) in [6.45, 7) is 0.329. The van der Waals surface area contributed by atoms with Crippen molar-refractivity contribution in [2.24, 2.45) is 0 Å². The van der Waals surface area contributed by atoms with Gasteiger partial charge in [0.05, 0.1) is 6.20 Å². The van der Waals surface area contributed by atoms with Gasteiger partial charge in [-0.3, -0.25) is 0 Å². The van der Waals surface area contributed by atoms with E-state index >= 15 is 0 Å². The quantitative estimate of drug-likeness (QED) is 0.194. The van der Waals surface area contributed by atoms with Gasteiger partial charge in [-0.05, 0) is 29.8 Å². The van der Waals surface area contributed by atoms with E-state index in [2.05, 4.69) is 46.8 Å². The van der Waals surface area contributed by atoms with Crippen LogP contribution in [0.2, 0.25) is 0 Å². The molecule has 0 aliphatic heterocycles. The first kappa shape index (κ1) is 28.6. The van der Waals surface area contributed by atoms with Crippen LogP contribution in [0.25, 0.3) is 22.8 Å². The predicted octanol–water partition coefficient (Wildman–Crippen LogP) is 9.24. The monoisotopic (exact) mass is 670 g/mol. The lowest BCUT2D eigenvalue weighted by Crippen LogP contribution is -2.05. The molecule has 3 aromatic carbocycles. The van der Waals surface area contributed by atoms with E-state index in [9.17, 15) is 26.3 Å². The highest BCUT2D eigenvalue weighted by Gasteiger charge is 2.35. The zero-order valence-corrected chi connectivity index (χ0v) is 22.9. The van der Waals surface area contributed by atoms with Crippen LogP contribution in [-0.2, 0) is 18.9 Å². The molecule has 0 fully saturated rings. The maximum absolute atomic E-state index is 13.0. The van der Waals surface area contributed by atoms with Gasteiger partial charge in [0.25, 0.3) is 0 Å². The van der Waals surface area contributed by atoms with Crippen molar-refractivity contribution < 1.29 is 26.3 Å². The number of halogens is 8. The van der Waals surface area contributed by atoms with Crippen LogP contribution in [0.3, 0.4) is 0 Å². The van der Waals surface area contributed by atoms with E-state index in [4.69, 9.17) is 0 Å². The number of alkyl halides is 6. The third kappa shape index (κ3) is 7.60. The summed E-state index contributed by atoms with van der Waals surface area (Å²) in [5.41, 5.74) is 0.437. The van der Waals surface area contributed by atoms with Crippen molar-refractivity contribution in [1.29, 1.82) is 0 Å². The van der Waals surface area contributed by atoms with E-state index in [1.165, 1.54) is 4.57 Å². The number of benzene rings is 3. The SMILES string of the molecule is FC(F)(F)c1cn(Cc2ccccc2)c(-c2ccc(Br)cc2)n1.FC(F)(F)c1cnc(-c2ccc(Br)cc2)[nH]1. The number of nitrogens with one attached hydrogen (secondary N) is 1. The van der Waals surface area contributed by atoms with Crippen molar-refractivity contribution in [2.45, 2.75) is 18.9 Å². The molecule has 0 aliphatic carbocycles. The smallest absolute Gasteiger partial charge is 0.334 e. The van der Waals surface area contributed by atoms with Crippen LogP contribution in [0.15, 0.2) is 100 Å². The molecule has 1 N–H and O–H groups in total. The highest BCUT2D eigenvalue weighted by atomic mass is 79.9. The van der Waals surface area contributed by atoms with Crippen LogP contribution in [0.5, 0.6) is 0 Å². The van der Waals surface area contributed by atoms with Gasteiger partial charge in [0.15, 0.2) is 5.69 Å². The highest BCUT2D eigenvalue weighted by molar-refractivity contribution is 9.10. The molecule has 0 spiro atoms. The lowest BCUT2D eigenvalue weighted by atomic mass is 10.2. The molecule has 2 aromatic heterocycles. The second-order valence-corrected chi connectivity index (χ2v) is 10.0. The average Bonchev–Trinajstić information content (AvgIpc) is 3.54. The minimum atomic E-state index is -4.47. The maximum Gasteiger partial charge on any atom is 0.434 e. The molecule has 5 rings (SSSR count). The Hall–Kier alpha value is -3.38. The Morgan fingerprint density at radius 2 is 1.28 bits per heavy atom. The van der Waals surface area contributed by atoms with Gasteiger partial charge < -0.3 is 9.55 Å². The Kier molecular flexibility index (Phi) is 8.65. The van der Waals surface area contributed by atoms with Crippen LogP contribution >= 0.6 is 31.9 Å². The van der Waals surface area contributed by atoms with Gasteiger partial charge >= 0.3 is 12.4 Å². The number of hydrogen-bond donors (Lipinski definition) is 1. The third-order valence-electron chi connectivity index (χ3n) is 5.36. The zero-order chi connectivity index (χ0) is 28.2. The van der Waals surface area contributed by atoms with E-state index in [1.807, 2.05) is 30.3 Å². The Labute approximate surface area is 236 Å². The van der Waals surface area contributed by atoms with Crippen LogP contribution < -0.4 is 0 Å². The Balaban J connectivity index is 0.000000193. The fourth-order valence-corrected chi connectivity index (χ4v) is 4.03. The van der Waals surface area contributed by atoms with E-state index in [-0.39, 0.29) is 5.82 Å². The highest BCUT2D eigenvalue weighted by Crippen LogP contribution is 2.32. The summed E-state index contributed by atoms with van der Waals surface area (Å²) in [5, 5.41) is 0. The largest absolute Gasteiger partial charge is 0.434 e. The molecule has 39 heavy (non-hydrogen) atoms. The molecule has 12 heteroatoms. The lowest BCUT2D eigenvalue weighted by Gasteiger charge is -2.08. The summed E-state index contributed by atoms with van der Waals surface area (Å²) in [6.07, 6.45) is -7.01. The van der Waals surface area contributed by atoms with Gasteiger partial charge in [0.1, 0.15) is 17.3 Å². The first-order chi connectivity index (χ1) is 18.4. The Bertz CT molecular complexity index is 1510. The van der Waals surface area contributed by atoms with E-state index in [1.54, 1.807) is 48.5 Å². The molecular formula is C27H18Br2F6N4. The molecule has 0 radical (unpaired) electrons. The topological polar surface area (TPSA) is 46.5 Å². The van der Waals surface area contributed by atoms with E-state index in [0.717, 1.165) is 26.9 Å². The molecule has 0 saturated carbocycles. The molecule has 0 saturated heterocycles. The Morgan fingerprint density at radius 3 is 1.79 bits per heavy atom. The summed E-state index contributed by atoms with van der Waals surface area (Å²) in [6, 6.07) is 23.2. The summed E-state index contributed by atoms with van der Waals surface area (Å²) in [4.78, 5) is 9.73. The van der Waals surface area contributed by atoms with Gasteiger partial charge in [0.2, 0.25) is 0 Å². The molecule has 0 amide bonds. The molecule has 5 aromatic rings. The zero-order valence-electron chi connectivity index (χ0n) is 19.7. The number of rotatable bonds is 4. The standard InChI is InChI=1S/C17H12BrF3N2.C10H6BrF3N2/c18-14-8-6-13(7-9-14)16-22-15(17(19,20)21)11-23(16)10-12-4-2-1-3-5-12;11-7-3-1-6(2-4-7)9-15-5-8(16-9)10(12,13)14/h1-9,11H,10H2;1-5H,(H,15,16). The fraction of sp³-hybridized carbons (Fsp3) is 0.111. The Morgan fingerprint density at radius 1 is 0.718 bits per heavy atom. The molecule has 0 atom stereocenters. The van der Waals surface area contributed by atoms with Crippen molar-refractivity contribution in [3.8, 4) is 22.8 Å². The number of H-pyrrole nitrogens is 1. The molecule has 2 heterocycles. The minimum Gasteiger partial charge on any atom is -0.334 e. The van der Waals surface area contributed by atoms with Gasteiger partial charge in [-0.15, -0.1) is 0 Å². The first-order valence-corrected chi connectivity index (χ1v) is 12.8. The second kappa shape index (κ2) is 11.8. The molecule has 0 aliphatic rings. The van der Waals surface area contributed by atoms with Crippen LogP contribution in [0.1, 0.15) is 17.0 Å². The maximum atomic E-state index is 13.0. The number of aromatic amines is 1. The van der Waals surface area contributed by atoms with Crippen molar-refractivity contribution in [1.82, 2.24) is 19.5 Å². The first-order valence-electron chi connectivity index (χ1n) is 11.2. The number of nitrogens with zero attached hydrogens (tertiary/aromatic N) is 3. The molecule has 0 unspecified atom stereocenters. The van der Waals surface area contributed by atoms with Gasteiger partial charge in [0, 0.05) is 32.8 Å². The molecule has 4 nitrogen and oxygen atoms in total. The number of aromatic nitrogens is 4. The normalized spacial score (nSPS) is 11.7. The van der Waals surface area contributed by atoms with Crippen molar-refractivity contribution in [3.63, 3.8) is 0 Å². The summed E-state index contributed by atoms with van der Waals surface area (Å²) >= 11 is 6.56.